The molecule has 0 aliphatic heterocycles. The molecule has 0 saturated heterocycles. The van der Waals surface area contributed by atoms with E-state index in [0.717, 1.165) is 40.4 Å². The van der Waals surface area contributed by atoms with E-state index < -0.39 is 0 Å². The molecule has 1 atom stereocenters. The van der Waals surface area contributed by atoms with Crippen LogP contribution in [0.4, 0.5) is 0 Å². The molecule has 0 aromatic heterocycles. The van der Waals surface area contributed by atoms with Crippen LogP contribution in [0.1, 0.15) is 42.5 Å². The van der Waals surface area contributed by atoms with Crippen LogP contribution in [0.3, 0.4) is 0 Å². The Bertz CT molecular complexity index is 516. The third-order valence-electron chi connectivity index (χ3n) is 6.13. The topological polar surface area (TPSA) is 9.23 Å². The summed E-state index contributed by atoms with van der Waals surface area (Å²) in [7, 11) is 1.75. The average Bonchev–Trinajstić information content (AvgIpc) is 2.46. The Morgan fingerprint density at radius 3 is 2.29 bits per heavy atom. The lowest BCUT2D eigenvalue weighted by Gasteiger charge is -2.55. The van der Waals surface area contributed by atoms with Gasteiger partial charge in [-0.1, -0.05) is 27.5 Å². The summed E-state index contributed by atoms with van der Waals surface area (Å²) in [5.41, 5.74) is 1.24. The third kappa shape index (κ3) is 2.43. The standard InChI is InChI=1S/C18H22BrClO/c1-21-16-3-2-14(20)9-15(16)18(19)17-12-5-10-4-11(7-12)8-13(17)6-10/h2-3,9-13,17-18H,4-8H2,1H3. The summed E-state index contributed by atoms with van der Waals surface area (Å²) in [6.45, 7) is 0. The van der Waals surface area contributed by atoms with Gasteiger partial charge in [0.25, 0.3) is 0 Å². The molecule has 0 heterocycles. The lowest BCUT2D eigenvalue weighted by atomic mass is 9.51. The van der Waals surface area contributed by atoms with Gasteiger partial charge in [-0.25, -0.2) is 0 Å². The van der Waals surface area contributed by atoms with Crippen LogP contribution in [0.2, 0.25) is 5.02 Å². The van der Waals surface area contributed by atoms with Crippen molar-refractivity contribution in [2.75, 3.05) is 7.11 Å². The summed E-state index contributed by atoms with van der Waals surface area (Å²) < 4.78 is 5.58. The summed E-state index contributed by atoms with van der Waals surface area (Å²) >= 11 is 10.3. The molecule has 1 aromatic carbocycles. The first-order valence-corrected chi connectivity index (χ1v) is 9.42. The van der Waals surface area contributed by atoms with Gasteiger partial charge in [0.05, 0.1) is 7.11 Å². The Morgan fingerprint density at radius 1 is 1.10 bits per heavy atom. The largest absolute Gasteiger partial charge is 0.496 e. The summed E-state index contributed by atoms with van der Waals surface area (Å²) in [4.78, 5) is 0.376. The molecular weight excluding hydrogens is 348 g/mol. The second-order valence-corrected chi connectivity index (χ2v) is 8.72. The van der Waals surface area contributed by atoms with E-state index in [4.69, 9.17) is 16.3 Å². The van der Waals surface area contributed by atoms with Crippen molar-refractivity contribution in [3.63, 3.8) is 0 Å². The molecule has 4 bridgehead atoms. The van der Waals surface area contributed by atoms with Crippen LogP contribution in [0.5, 0.6) is 5.75 Å². The molecule has 21 heavy (non-hydrogen) atoms. The van der Waals surface area contributed by atoms with Crippen molar-refractivity contribution in [3.05, 3.63) is 28.8 Å². The van der Waals surface area contributed by atoms with E-state index >= 15 is 0 Å². The molecule has 4 aliphatic carbocycles. The molecule has 0 amide bonds. The minimum atomic E-state index is 0.376. The number of methoxy groups -OCH3 is 1. The SMILES string of the molecule is COc1ccc(Cl)cc1C(Br)C1C2CC3CC(C2)CC1C3. The Labute approximate surface area is 140 Å². The fraction of sp³-hybridized carbons (Fsp3) is 0.667. The highest BCUT2D eigenvalue weighted by Crippen LogP contribution is 2.61. The highest BCUT2D eigenvalue weighted by Gasteiger charge is 2.50. The highest BCUT2D eigenvalue weighted by molar-refractivity contribution is 9.09. The van der Waals surface area contributed by atoms with E-state index in [1.807, 2.05) is 12.1 Å². The zero-order valence-corrected chi connectivity index (χ0v) is 14.7. The number of alkyl halides is 1. The van der Waals surface area contributed by atoms with Gasteiger partial charge in [0.1, 0.15) is 5.75 Å². The summed E-state index contributed by atoms with van der Waals surface area (Å²) in [5, 5.41) is 0.805. The molecule has 4 fully saturated rings. The first-order chi connectivity index (χ1) is 10.2. The van der Waals surface area contributed by atoms with Gasteiger partial charge in [0.15, 0.2) is 0 Å². The summed E-state index contributed by atoms with van der Waals surface area (Å²) in [6, 6.07) is 6.01. The number of hydrogen-bond donors (Lipinski definition) is 0. The minimum absolute atomic E-state index is 0.376. The fourth-order valence-electron chi connectivity index (χ4n) is 5.57. The van der Waals surface area contributed by atoms with Crippen molar-refractivity contribution >= 4 is 27.5 Å². The molecular formula is C18H22BrClO. The number of rotatable bonds is 3. The molecule has 1 aromatic rings. The Kier molecular flexibility index (Phi) is 3.74. The molecule has 4 aliphatic rings. The molecule has 3 heteroatoms. The van der Waals surface area contributed by atoms with E-state index in [9.17, 15) is 0 Å². The zero-order valence-electron chi connectivity index (χ0n) is 12.4. The monoisotopic (exact) mass is 368 g/mol. The van der Waals surface area contributed by atoms with Crippen molar-refractivity contribution in [1.29, 1.82) is 0 Å². The molecule has 1 unspecified atom stereocenters. The van der Waals surface area contributed by atoms with Crippen LogP contribution in [-0.4, -0.2) is 7.11 Å². The van der Waals surface area contributed by atoms with Crippen LogP contribution in [-0.2, 0) is 0 Å². The van der Waals surface area contributed by atoms with Crippen LogP contribution < -0.4 is 4.74 Å². The quantitative estimate of drug-likeness (QED) is 0.607. The van der Waals surface area contributed by atoms with Crippen LogP contribution in [0.25, 0.3) is 0 Å². The van der Waals surface area contributed by atoms with Crippen molar-refractivity contribution in [2.24, 2.45) is 29.6 Å². The maximum atomic E-state index is 6.23. The summed E-state index contributed by atoms with van der Waals surface area (Å²) in [5.74, 6) is 5.55. The van der Waals surface area contributed by atoms with Crippen LogP contribution in [0.15, 0.2) is 18.2 Å². The van der Waals surface area contributed by atoms with Crippen molar-refractivity contribution in [3.8, 4) is 5.75 Å². The Hall–Kier alpha value is -0.210. The molecule has 4 saturated carbocycles. The minimum Gasteiger partial charge on any atom is -0.496 e. The van der Waals surface area contributed by atoms with Gasteiger partial charge in [-0.05, 0) is 79.9 Å². The van der Waals surface area contributed by atoms with Gasteiger partial charge in [-0.2, -0.15) is 0 Å². The maximum Gasteiger partial charge on any atom is 0.123 e. The number of ether oxygens (including phenoxy) is 1. The van der Waals surface area contributed by atoms with E-state index in [1.165, 1.54) is 37.7 Å². The van der Waals surface area contributed by atoms with E-state index in [2.05, 4.69) is 22.0 Å². The van der Waals surface area contributed by atoms with Gasteiger partial charge in [-0.15, -0.1) is 0 Å². The third-order valence-corrected chi connectivity index (χ3v) is 7.47. The van der Waals surface area contributed by atoms with Gasteiger partial charge >= 0.3 is 0 Å². The van der Waals surface area contributed by atoms with Gasteiger partial charge in [0, 0.05) is 15.4 Å². The van der Waals surface area contributed by atoms with Crippen LogP contribution in [0, 0.1) is 29.6 Å². The normalized spacial score (nSPS) is 38.5. The number of hydrogen-bond acceptors (Lipinski definition) is 1. The van der Waals surface area contributed by atoms with Crippen molar-refractivity contribution in [2.45, 2.75) is 36.9 Å². The lowest BCUT2D eigenvalue weighted by molar-refractivity contribution is -0.0366. The molecule has 0 radical (unpaired) electrons. The molecule has 1 nitrogen and oxygen atoms in total. The second-order valence-electron chi connectivity index (χ2n) is 7.30. The average molecular weight is 370 g/mol. The van der Waals surface area contributed by atoms with E-state index in [1.54, 1.807) is 7.11 Å². The zero-order chi connectivity index (χ0) is 14.6. The van der Waals surface area contributed by atoms with Crippen LogP contribution >= 0.6 is 27.5 Å². The molecule has 114 valence electrons. The molecule has 0 spiro atoms. The fourth-order valence-corrected chi connectivity index (χ4v) is 6.97. The number of benzene rings is 1. The predicted octanol–water partition coefficient (Wildman–Crippen LogP) is 5.86. The van der Waals surface area contributed by atoms with Crippen molar-refractivity contribution in [1.82, 2.24) is 0 Å². The first-order valence-electron chi connectivity index (χ1n) is 8.13. The van der Waals surface area contributed by atoms with E-state index in [-0.39, 0.29) is 0 Å². The Balaban J connectivity index is 1.66. The Morgan fingerprint density at radius 2 is 1.71 bits per heavy atom. The molecule has 5 rings (SSSR count). The van der Waals surface area contributed by atoms with Gasteiger partial charge in [0.2, 0.25) is 0 Å². The smallest absolute Gasteiger partial charge is 0.123 e. The second kappa shape index (κ2) is 5.45. The lowest BCUT2D eigenvalue weighted by Crippen LogP contribution is -2.46. The highest BCUT2D eigenvalue weighted by atomic mass is 79.9. The molecule has 0 N–H and O–H groups in total. The summed E-state index contributed by atoms with van der Waals surface area (Å²) in [6.07, 6.45) is 7.30. The first kappa shape index (κ1) is 14.4. The van der Waals surface area contributed by atoms with Gasteiger partial charge in [-0.3, -0.25) is 0 Å². The van der Waals surface area contributed by atoms with E-state index in [0.29, 0.717) is 4.83 Å². The van der Waals surface area contributed by atoms with Crippen molar-refractivity contribution < 1.29 is 4.74 Å². The number of halogens is 2. The van der Waals surface area contributed by atoms with Gasteiger partial charge < -0.3 is 4.74 Å². The predicted molar refractivity (Wildman–Crippen MR) is 90.2 cm³/mol. The maximum absolute atomic E-state index is 6.23.